The number of benzene rings is 1. The van der Waals surface area contributed by atoms with E-state index in [0.29, 0.717) is 0 Å². The molecule has 0 aliphatic rings. The van der Waals surface area contributed by atoms with Crippen LogP contribution in [0.2, 0.25) is 0 Å². The van der Waals surface area contributed by atoms with E-state index in [9.17, 15) is 0 Å². The second kappa shape index (κ2) is 9.46. The van der Waals surface area contributed by atoms with E-state index in [-0.39, 0.29) is 12.4 Å². The number of aryl methyl sites for hydroxylation is 2. The van der Waals surface area contributed by atoms with Crippen LogP contribution in [0.5, 0.6) is 5.75 Å². The van der Waals surface area contributed by atoms with E-state index in [1.54, 1.807) is 0 Å². The molecule has 4 heteroatoms. The fraction of sp³-hybridized carbons (Fsp3) is 0.471. The first-order chi connectivity index (χ1) is 9.77. The Morgan fingerprint density at radius 3 is 2.38 bits per heavy atom. The largest absolute Gasteiger partial charge is 0.494 e. The molecule has 2 rings (SSSR count). The van der Waals surface area contributed by atoms with Crippen LogP contribution < -0.4 is 4.74 Å². The van der Waals surface area contributed by atoms with Crippen LogP contribution >= 0.6 is 12.4 Å². The van der Waals surface area contributed by atoms with Crippen LogP contribution in [0.25, 0.3) is 0 Å². The highest BCUT2D eigenvalue weighted by Gasteiger charge is 2.05. The number of para-hydroxylation sites is 1. The average molecular weight is 309 g/mol. The molecule has 0 atom stereocenters. The lowest BCUT2D eigenvalue weighted by atomic mass is 10.0. The fourth-order valence-electron chi connectivity index (χ4n) is 2.41. The molecule has 0 bridgehead atoms. The summed E-state index contributed by atoms with van der Waals surface area (Å²) in [6.07, 6.45) is 5.96. The van der Waals surface area contributed by atoms with Gasteiger partial charge in [-0.25, -0.2) is 0 Å². The molecule has 0 aliphatic heterocycles. The summed E-state index contributed by atoms with van der Waals surface area (Å²) in [5.41, 5.74) is 3.76. The molecule has 0 aliphatic carbocycles. The maximum absolute atomic E-state index is 5.68. The number of nitrogens with zero attached hydrogens (tertiary/aromatic N) is 1. The van der Waals surface area contributed by atoms with Crippen molar-refractivity contribution in [2.75, 3.05) is 6.61 Å². The van der Waals surface area contributed by atoms with Gasteiger partial charge in [0.25, 0.3) is 0 Å². The van der Waals surface area contributed by atoms with Crippen molar-refractivity contribution in [3.05, 3.63) is 47.3 Å². The smallest absolute Gasteiger partial charge is 0.119 e. The van der Waals surface area contributed by atoms with Crippen LogP contribution in [-0.4, -0.2) is 16.8 Å². The van der Waals surface area contributed by atoms with E-state index in [2.05, 4.69) is 24.0 Å². The lowest BCUT2D eigenvalue weighted by molar-refractivity contribution is 0.304. The van der Waals surface area contributed by atoms with Gasteiger partial charge in [0, 0.05) is 5.69 Å². The molecular weight excluding hydrogens is 284 g/mol. The van der Waals surface area contributed by atoms with Crippen molar-refractivity contribution in [1.29, 1.82) is 0 Å². The van der Waals surface area contributed by atoms with E-state index in [1.165, 1.54) is 30.5 Å². The van der Waals surface area contributed by atoms with E-state index < -0.39 is 0 Å². The van der Waals surface area contributed by atoms with Gasteiger partial charge >= 0.3 is 0 Å². The molecule has 0 amide bonds. The second-order valence-corrected chi connectivity index (χ2v) is 5.24. The van der Waals surface area contributed by atoms with Gasteiger partial charge in [0.1, 0.15) is 5.75 Å². The molecule has 1 heterocycles. The molecule has 0 radical (unpaired) electrons. The van der Waals surface area contributed by atoms with Crippen LogP contribution in [0.4, 0.5) is 0 Å². The van der Waals surface area contributed by atoms with Crippen molar-refractivity contribution in [1.82, 2.24) is 10.2 Å². The van der Waals surface area contributed by atoms with Gasteiger partial charge < -0.3 is 4.74 Å². The highest BCUT2D eigenvalue weighted by Crippen LogP contribution is 2.14. The quantitative estimate of drug-likeness (QED) is 0.722. The van der Waals surface area contributed by atoms with Gasteiger partial charge in [0.15, 0.2) is 0 Å². The first-order valence-corrected chi connectivity index (χ1v) is 7.45. The third-order valence-electron chi connectivity index (χ3n) is 3.61. The lowest BCUT2D eigenvalue weighted by Gasteiger charge is -2.06. The summed E-state index contributed by atoms with van der Waals surface area (Å²) in [7, 11) is 0. The summed E-state index contributed by atoms with van der Waals surface area (Å²) in [5.74, 6) is 0.970. The molecule has 0 saturated carbocycles. The highest BCUT2D eigenvalue weighted by molar-refractivity contribution is 5.85. The summed E-state index contributed by atoms with van der Waals surface area (Å²) in [6, 6.07) is 10.0. The minimum atomic E-state index is 0. The molecule has 0 spiro atoms. The molecule has 0 unspecified atom stereocenters. The number of hydrogen-bond acceptors (Lipinski definition) is 2. The van der Waals surface area contributed by atoms with Crippen molar-refractivity contribution in [2.45, 2.75) is 46.0 Å². The minimum absolute atomic E-state index is 0. The van der Waals surface area contributed by atoms with Crippen LogP contribution in [0.1, 0.15) is 42.6 Å². The summed E-state index contributed by atoms with van der Waals surface area (Å²) < 4.78 is 5.68. The first-order valence-electron chi connectivity index (χ1n) is 7.45. The number of ether oxygens (including phenoxy) is 1. The maximum Gasteiger partial charge on any atom is 0.119 e. The Morgan fingerprint density at radius 2 is 1.71 bits per heavy atom. The average Bonchev–Trinajstić information content (AvgIpc) is 2.79. The molecule has 1 N–H and O–H groups in total. The minimum Gasteiger partial charge on any atom is -0.494 e. The van der Waals surface area contributed by atoms with Crippen LogP contribution in [0.15, 0.2) is 30.3 Å². The van der Waals surface area contributed by atoms with Gasteiger partial charge in [-0.05, 0) is 50.8 Å². The Morgan fingerprint density at radius 1 is 1.00 bits per heavy atom. The highest BCUT2D eigenvalue weighted by atomic mass is 35.5. The molecule has 1 aromatic carbocycles. The molecule has 3 nitrogen and oxygen atoms in total. The van der Waals surface area contributed by atoms with Gasteiger partial charge in [0.2, 0.25) is 0 Å². The Balaban J connectivity index is 0.00000220. The third-order valence-corrected chi connectivity index (χ3v) is 3.61. The monoisotopic (exact) mass is 308 g/mol. The van der Waals surface area contributed by atoms with E-state index in [0.717, 1.165) is 30.9 Å². The summed E-state index contributed by atoms with van der Waals surface area (Å²) in [4.78, 5) is 0. The number of H-pyrrole nitrogens is 1. The lowest BCUT2D eigenvalue weighted by Crippen LogP contribution is -1.97. The zero-order chi connectivity index (χ0) is 14.2. The number of halogens is 1. The Labute approximate surface area is 133 Å². The number of hydrogen-bond donors (Lipinski definition) is 1. The standard InChI is InChI=1S/C17H24N2O.ClH/c1-14-17(15(2)19-18-14)12-8-3-4-9-13-20-16-10-6-5-7-11-16;/h5-7,10-11H,3-4,8-9,12-13H2,1-2H3,(H,18,19);1H. The van der Waals surface area contributed by atoms with Crippen LogP contribution in [-0.2, 0) is 6.42 Å². The van der Waals surface area contributed by atoms with Crippen molar-refractivity contribution in [2.24, 2.45) is 0 Å². The SMILES string of the molecule is Cc1n[nH]c(C)c1CCCCCCOc1ccccc1.Cl. The molecule has 0 saturated heterocycles. The summed E-state index contributed by atoms with van der Waals surface area (Å²) in [6.45, 7) is 4.99. The van der Waals surface area contributed by atoms with Crippen molar-refractivity contribution >= 4 is 12.4 Å². The zero-order valence-electron chi connectivity index (χ0n) is 12.9. The number of aromatic nitrogens is 2. The Hall–Kier alpha value is -1.48. The Bertz CT molecular complexity index is 491. The normalized spacial score (nSPS) is 10.2. The van der Waals surface area contributed by atoms with Crippen LogP contribution in [0, 0.1) is 13.8 Å². The van der Waals surface area contributed by atoms with Crippen molar-refractivity contribution < 1.29 is 4.74 Å². The van der Waals surface area contributed by atoms with Gasteiger partial charge in [-0.2, -0.15) is 5.10 Å². The molecule has 2 aromatic rings. The number of unbranched alkanes of at least 4 members (excludes halogenated alkanes) is 3. The van der Waals surface area contributed by atoms with Gasteiger partial charge in [-0.1, -0.05) is 31.0 Å². The van der Waals surface area contributed by atoms with E-state index in [4.69, 9.17) is 4.74 Å². The van der Waals surface area contributed by atoms with Gasteiger partial charge in [-0.3, -0.25) is 5.10 Å². The van der Waals surface area contributed by atoms with E-state index in [1.807, 2.05) is 30.3 Å². The van der Waals surface area contributed by atoms with Crippen molar-refractivity contribution in [3.63, 3.8) is 0 Å². The van der Waals surface area contributed by atoms with Gasteiger partial charge in [-0.15, -0.1) is 12.4 Å². The topological polar surface area (TPSA) is 37.9 Å². The zero-order valence-corrected chi connectivity index (χ0v) is 13.7. The van der Waals surface area contributed by atoms with E-state index >= 15 is 0 Å². The Kier molecular flexibility index (Phi) is 7.91. The molecule has 1 aromatic heterocycles. The predicted octanol–water partition coefficient (Wildman–Crippen LogP) is 4.63. The predicted molar refractivity (Wildman–Crippen MR) is 89.4 cm³/mol. The number of rotatable bonds is 8. The number of nitrogens with one attached hydrogen (secondary N) is 1. The molecule has 21 heavy (non-hydrogen) atoms. The molecule has 116 valence electrons. The van der Waals surface area contributed by atoms with Gasteiger partial charge in [0.05, 0.1) is 12.3 Å². The summed E-state index contributed by atoms with van der Waals surface area (Å²) in [5, 5.41) is 7.28. The molecule has 0 fully saturated rings. The second-order valence-electron chi connectivity index (χ2n) is 5.24. The number of aromatic amines is 1. The van der Waals surface area contributed by atoms with Crippen molar-refractivity contribution in [3.8, 4) is 5.75 Å². The first kappa shape index (κ1) is 17.6. The summed E-state index contributed by atoms with van der Waals surface area (Å²) >= 11 is 0. The molecular formula is C17H25ClN2O. The maximum atomic E-state index is 5.68. The van der Waals surface area contributed by atoms with Crippen LogP contribution in [0.3, 0.4) is 0 Å². The third kappa shape index (κ3) is 5.80. The fourth-order valence-corrected chi connectivity index (χ4v) is 2.41.